The van der Waals surface area contributed by atoms with Crippen LogP contribution in [0.2, 0.25) is 0 Å². The molecule has 134 valence electrons. The zero-order valence-corrected chi connectivity index (χ0v) is 17.3. The number of benzene rings is 1. The normalized spacial score (nSPS) is 25.7. The average molecular weight is 443 g/mol. The maximum absolute atomic E-state index is 13.2. The van der Waals surface area contributed by atoms with E-state index in [0.29, 0.717) is 5.92 Å². The molecule has 24 heavy (non-hydrogen) atoms. The molecule has 0 N–H and O–H groups in total. The largest absolute Gasteiger partial charge is 1.00 e. The van der Waals surface area contributed by atoms with Crippen molar-refractivity contribution in [2.24, 2.45) is 5.92 Å². The summed E-state index contributed by atoms with van der Waals surface area (Å²) in [4.78, 5) is 13.2. The molecule has 0 amide bonds. The van der Waals surface area contributed by atoms with Crippen molar-refractivity contribution < 1.29 is 38.0 Å². The Balaban J connectivity index is 0.00000208. The van der Waals surface area contributed by atoms with E-state index in [-0.39, 0.29) is 36.0 Å². The molecule has 0 spiro atoms. The molecule has 1 saturated heterocycles. The summed E-state index contributed by atoms with van der Waals surface area (Å²) in [5, 5.41) is 0. The van der Waals surface area contributed by atoms with Crippen molar-refractivity contribution in [3.63, 3.8) is 0 Å². The number of hydrogen-bond donors (Lipinski definition) is 0. The molecule has 3 rings (SSSR count). The zero-order chi connectivity index (χ0) is 16.5. The molecule has 2 atom stereocenters. The Morgan fingerprint density at radius 1 is 1.12 bits per heavy atom. The van der Waals surface area contributed by atoms with Gasteiger partial charge < -0.3 is 33.2 Å². The molecule has 1 aliphatic heterocycles. The molecule has 0 bridgehead atoms. The predicted octanol–water partition coefficient (Wildman–Crippen LogP) is 0.530. The van der Waals surface area contributed by atoms with E-state index in [1.807, 2.05) is 18.2 Å². The maximum Gasteiger partial charge on any atom is 0.317 e. The molecular weight excluding hydrogens is 413 g/mol. The highest BCUT2D eigenvalue weighted by Crippen LogP contribution is 2.43. The summed E-state index contributed by atoms with van der Waals surface area (Å²) in [6.45, 7) is 4.13. The highest BCUT2D eigenvalue weighted by molar-refractivity contribution is 5.83. The first-order valence-corrected chi connectivity index (χ1v) is 9.00. The molecule has 1 heterocycles. The SMILES string of the molecule is C[C@@](C(=O)O[C@@H]1CC[N+](C)(C)C1)(c1ccccc1)C1CCCC1.[I-]. The maximum atomic E-state index is 13.2. The fourth-order valence-corrected chi connectivity index (χ4v) is 4.41. The van der Waals surface area contributed by atoms with Gasteiger partial charge in [-0.1, -0.05) is 43.2 Å². The minimum atomic E-state index is -0.502. The van der Waals surface area contributed by atoms with Crippen LogP contribution in [-0.2, 0) is 14.9 Å². The number of carbonyl (C=O) groups is 1. The molecule has 3 nitrogen and oxygen atoms in total. The summed E-state index contributed by atoms with van der Waals surface area (Å²) < 4.78 is 6.97. The fourth-order valence-electron chi connectivity index (χ4n) is 4.41. The highest BCUT2D eigenvalue weighted by atomic mass is 127. The highest BCUT2D eigenvalue weighted by Gasteiger charge is 2.47. The van der Waals surface area contributed by atoms with Crippen LogP contribution >= 0.6 is 0 Å². The second-order valence-electron chi connectivity index (χ2n) is 8.21. The van der Waals surface area contributed by atoms with Crippen molar-refractivity contribution >= 4 is 5.97 Å². The Kier molecular flexibility index (Phi) is 6.35. The Morgan fingerprint density at radius 2 is 1.75 bits per heavy atom. The lowest BCUT2D eigenvalue weighted by Crippen LogP contribution is -3.00. The summed E-state index contributed by atoms with van der Waals surface area (Å²) in [6.07, 6.45) is 5.77. The summed E-state index contributed by atoms with van der Waals surface area (Å²) in [6, 6.07) is 10.3. The predicted molar refractivity (Wildman–Crippen MR) is 92.1 cm³/mol. The van der Waals surface area contributed by atoms with E-state index >= 15 is 0 Å². The molecule has 1 aromatic carbocycles. The van der Waals surface area contributed by atoms with E-state index in [2.05, 4.69) is 33.2 Å². The van der Waals surface area contributed by atoms with Gasteiger partial charge in [-0.3, -0.25) is 4.79 Å². The number of carbonyl (C=O) groups excluding carboxylic acids is 1. The standard InChI is InChI=1S/C20H30NO2.HI/c1-20(17-11-7-8-12-17,16-9-5-4-6-10-16)19(22)23-18-13-14-21(2,3)15-18;/h4-6,9-10,17-18H,7-8,11-15H2,1-3H3;1H/q+1;/p-1/t18-,20-;/m1./s1. The van der Waals surface area contributed by atoms with Gasteiger partial charge in [0.05, 0.1) is 26.1 Å². The van der Waals surface area contributed by atoms with Crippen molar-refractivity contribution in [2.75, 3.05) is 27.2 Å². The minimum absolute atomic E-state index is 0. The van der Waals surface area contributed by atoms with Gasteiger partial charge in [0.15, 0.2) is 6.10 Å². The fraction of sp³-hybridized carbons (Fsp3) is 0.650. The van der Waals surface area contributed by atoms with E-state index in [4.69, 9.17) is 4.74 Å². The number of likely N-dealkylation sites (tertiary alicyclic amines) is 1. The molecule has 2 fully saturated rings. The molecule has 0 unspecified atom stereocenters. The van der Waals surface area contributed by atoms with Crippen molar-refractivity contribution in [3.05, 3.63) is 35.9 Å². The van der Waals surface area contributed by atoms with Crippen LogP contribution in [0.25, 0.3) is 0 Å². The minimum Gasteiger partial charge on any atom is -1.00 e. The van der Waals surface area contributed by atoms with Gasteiger partial charge in [-0.15, -0.1) is 0 Å². The van der Waals surface area contributed by atoms with Crippen LogP contribution in [0.4, 0.5) is 0 Å². The van der Waals surface area contributed by atoms with E-state index in [9.17, 15) is 4.79 Å². The van der Waals surface area contributed by atoms with Gasteiger partial charge >= 0.3 is 5.97 Å². The summed E-state index contributed by atoms with van der Waals surface area (Å²) in [5.41, 5.74) is 0.612. The van der Waals surface area contributed by atoms with E-state index < -0.39 is 5.41 Å². The van der Waals surface area contributed by atoms with E-state index in [1.165, 1.54) is 12.8 Å². The van der Waals surface area contributed by atoms with Crippen LogP contribution in [0.1, 0.15) is 44.6 Å². The van der Waals surface area contributed by atoms with Crippen molar-refractivity contribution in [2.45, 2.75) is 50.5 Å². The van der Waals surface area contributed by atoms with Gasteiger partial charge in [-0.2, -0.15) is 0 Å². The topological polar surface area (TPSA) is 26.3 Å². The van der Waals surface area contributed by atoms with Gasteiger partial charge in [-0.05, 0) is 31.2 Å². The van der Waals surface area contributed by atoms with E-state index in [1.54, 1.807) is 0 Å². The van der Waals surface area contributed by atoms with E-state index in [0.717, 1.165) is 42.4 Å². The number of rotatable bonds is 4. The third-order valence-electron chi connectivity index (χ3n) is 6.00. The zero-order valence-electron chi connectivity index (χ0n) is 15.1. The molecular formula is C20H30INO2. The summed E-state index contributed by atoms with van der Waals surface area (Å²) in [7, 11) is 4.42. The van der Waals surface area contributed by atoms with Crippen LogP contribution in [-0.4, -0.2) is 43.7 Å². The lowest BCUT2D eigenvalue weighted by molar-refractivity contribution is -0.879. The molecule has 1 saturated carbocycles. The third kappa shape index (κ3) is 3.96. The number of ether oxygens (including phenoxy) is 1. The molecule has 4 heteroatoms. The average Bonchev–Trinajstić information content (AvgIpc) is 3.17. The molecule has 2 aliphatic rings. The first-order chi connectivity index (χ1) is 10.9. The second kappa shape index (κ2) is 7.73. The third-order valence-corrected chi connectivity index (χ3v) is 6.00. The number of halogens is 1. The van der Waals surface area contributed by atoms with Crippen LogP contribution in [0.3, 0.4) is 0 Å². The Hall–Kier alpha value is -0.620. The van der Waals surface area contributed by atoms with Gasteiger partial charge in [0, 0.05) is 6.42 Å². The second-order valence-corrected chi connectivity index (χ2v) is 8.21. The van der Waals surface area contributed by atoms with Crippen LogP contribution in [0, 0.1) is 5.92 Å². The summed E-state index contributed by atoms with van der Waals surface area (Å²) in [5.74, 6) is 0.392. The quantitative estimate of drug-likeness (QED) is 0.386. The lowest BCUT2D eigenvalue weighted by atomic mass is 9.71. The monoisotopic (exact) mass is 443 g/mol. The van der Waals surface area contributed by atoms with Crippen molar-refractivity contribution in [1.82, 2.24) is 0 Å². The first-order valence-electron chi connectivity index (χ1n) is 9.00. The van der Waals surface area contributed by atoms with Crippen molar-refractivity contribution in [3.8, 4) is 0 Å². The molecule has 1 aromatic rings. The van der Waals surface area contributed by atoms with Crippen LogP contribution in [0.15, 0.2) is 30.3 Å². The molecule has 0 radical (unpaired) electrons. The number of nitrogens with zero attached hydrogens (tertiary/aromatic N) is 1. The smallest absolute Gasteiger partial charge is 0.317 e. The van der Waals surface area contributed by atoms with Crippen molar-refractivity contribution in [1.29, 1.82) is 0 Å². The van der Waals surface area contributed by atoms with Crippen LogP contribution in [0.5, 0.6) is 0 Å². The number of quaternary nitrogens is 1. The molecule has 0 aromatic heterocycles. The Bertz CT molecular complexity index is 554. The summed E-state index contributed by atoms with van der Waals surface area (Å²) >= 11 is 0. The number of likely N-dealkylation sites (N-methyl/N-ethyl adjacent to an activating group) is 1. The first kappa shape index (κ1) is 19.7. The lowest BCUT2D eigenvalue weighted by Gasteiger charge is -2.34. The molecule has 1 aliphatic carbocycles. The number of hydrogen-bond acceptors (Lipinski definition) is 2. The van der Waals surface area contributed by atoms with Gasteiger partial charge in [0.25, 0.3) is 0 Å². The Morgan fingerprint density at radius 3 is 2.29 bits per heavy atom. The number of esters is 1. The Labute approximate surface area is 163 Å². The van der Waals surface area contributed by atoms with Gasteiger partial charge in [0.2, 0.25) is 0 Å². The van der Waals surface area contributed by atoms with Crippen LogP contribution < -0.4 is 24.0 Å². The van der Waals surface area contributed by atoms with Gasteiger partial charge in [-0.25, -0.2) is 0 Å². The van der Waals surface area contributed by atoms with Gasteiger partial charge in [0.1, 0.15) is 6.54 Å².